The van der Waals surface area contributed by atoms with E-state index < -0.39 is 0 Å². The number of Topliss-reactive ketones (excluding diaryl/α,β-unsaturated/α-hetero) is 1. The van der Waals surface area contributed by atoms with Gasteiger partial charge in [0.2, 0.25) is 5.91 Å². The Morgan fingerprint density at radius 3 is 2.04 bits per heavy atom. The van der Waals surface area contributed by atoms with Crippen molar-refractivity contribution in [3.8, 4) is 0 Å². The van der Waals surface area contributed by atoms with Gasteiger partial charge in [-0.15, -0.1) is 0 Å². The van der Waals surface area contributed by atoms with Crippen molar-refractivity contribution in [1.29, 1.82) is 0 Å². The number of hydrogen-bond donors (Lipinski definition) is 1. The van der Waals surface area contributed by atoms with E-state index in [0.29, 0.717) is 10.6 Å². The fourth-order valence-corrected chi connectivity index (χ4v) is 2.74. The minimum absolute atomic E-state index is 0.0543. The first-order chi connectivity index (χ1) is 11.5. The third-order valence-electron chi connectivity index (χ3n) is 4.01. The van der Waals surface area contributed by atoms with Crippen LogP contribution in [0.1, 0.15) is 48.2 Å². The van der Waals surface area contributed by atoms with Crippen LogP contribution in [0, 0.1) is 0 Å². The molecule has 2 rings (SSSR count). The predicted octanol–water partition coefficient (Wildman–Crippen LogP) is 5.07. The Labute approximate surface area is 148 Å². The number of benzene rings is 2. The summed E-state index contributed by atoms with van der Waals surface area (Å²) in [6.07, 6.45) is 2.06. The molecule has 0 bridgehead atoms. The second-order valence-electron chi connectivity index (χ2n) is 5.64. The minimum Gasteiger partial charge on any atom is -0.326 e. The molecule has 0 atom stereocenters. The Balaban J connectivity index is 1.99. The van der Waals surface area contributed by atoms with Crippen LogP contribution in [0.2, 0.25) is 5.02 Å². The summed E-state index contributed by atoms with van der Waals surface area (Å²) in [5.74, 6) is -0.186. The van der Waals surface area contributed by atoms with Gasteiger partial charge in [-0.05, 0) is 48.2 Å². The number of carbonyl (C=O) groups is 2. The normalized spacial score (nSPS) is 10.5. The van der Waals surface area contributed by atoms with Crippen molar-refractivity contribution in [3.63, 3.8) is 0 Å². The van der Waals surface area contributed by atoms with Gasteiger partial charge in [0.1, 0.15) is 0 Å². The first kappa shape index (κ1) is 18.2. The summed E-state index contributed by atoms with van der Waals surface area (Å²) in [6.45, 7) is 4.13. The molecule has 0 saturated carbocycles. The number of rotatable bonds is 7. The molecule has 1 N–H and O–H groups in total. The number of aryl methyl sites for hydroxylation is 2. The molecule has 1 amide bonds. The molecule has 0 heterocycles. The van der Waals surface area contributed by atoms with Gasteiger partial charge in [0.05, 0.1) is 0 Å². The van der Waals surface area contributed by atoms with Crippen molar-refractivity contribution in [2.45, 2.75) is 39.5 Å². The average molecular weight is 344 g/mol. The Bertz CT molecular complexity index is 701. The minimum atomic E-state index is -0.132. The van der Waals surface area contributed by atoms with Crippen molar-refractivity contribution in [1.82, 2.24) is 0 Å². The van der Waals surface area contributed by atoms with Crippen molar-refractivity contribution < 1.29 is 9.59 Å². The lowest BCUT2D eigenvalue weighted by Gasteiger charge is -2.14. The summed E-state index contributed by atoms with van der Waals surface area (Å²) in [6, 6.07) is 12.8. The largest absolute Gasteiger partial charge is 0.326 e. The lowest BCUT2D eigenvalue weighted by Crippen LogP contribution is -2.16. The molecule has 0 spiro atoms. The van der Waals surface area contributed by atoms with E-state index in [9.17, 15) is 9.59 Å². The third kappa shape index (κ3) is 4.68. The first-order valence-corrected chi connectivity index (χ1v) is 8.62. The van der Waals surface area contributed by atoms with Gasteiger partial charge in [0, 0.05) is 29.1 Å². The van der Waals surface area contributed by atoms with Gasteiger partial charge in [-0.25, -0.2) is 0 Å². The second kappa shape index (κ2) is 8.65. The fraction of sp³-hybridized carbons (Fsp3) is 0.300. The number of nitrogens with one attached hydrogen (secondary N) is 1. The summed E-state index contributed by atoms with van der Waals surface area (Å²) in [4.78, 5) is 24.4. The second-order valence-corrected chi connectivity index (χ2v) is 6.07. The lowest BCUT2D eigenvalue weighted by atomic mass is 10.0. The molecule has 0 aliphatic carbocycles. The standard InChI is InChI=1S/C20H22ClNO2/c1-3-14-6-5-7-15(4-2)20(14)22-19(24)13-12-18(23)16-8-10-17(21)11-9-16/h5-11H,3-4,12-13H2,1-2H3,(H,22,24). The number of halogens is 1. The molecule has 0 unspecified atom stereocenters. The molecule has 0 aliphatic heterocycles. The zero-order chi connectivity index (χ0) is 17.5. The van der Waals surface area contributed by atoms with Crippen molar-refractivity contribution in [3.05, 3.63) is 64.2 Å². The lowest BCUT2D eigenvalue weighted by molar-refractivity contribution is -0.116. The molecule has 2 aromatic carbocycles. The quantitative estimate of drug-likeness (QED) is 0.714. The molecule has 2 aromatic rings. The Morgan fingerprint density at radius 1 is 0.917 bits per heavy atom. The number of amides is 1. The highest BCUT2D eigenvalue weighted by atomic mass is 35.5. The zero-order valence-electron chi connectivity index (χ0n) is 14.1. The highest BCUT2D eigenvalue weighted by Crippen LogP contribution is 2.23. The molecule has 3 nitrogen and oxygen atoms in total. The van der Waals surface area contributed by atoms with E-state index in [2.05, 4.69) is 19.2 Å². The number of hydrogen-bond acceptors (Lipinski definition) is 2. The molecule has 24 heavy (non-hydrogen) atoms. The van der Waals surface area contributed by atoms with Crippen LogP contribution in [0.5, 0.6) is 0 Å². The monoisotopic (exact) mass is 343 g/mol. The van der Waals surface area contributed by atoms with Crippen molar-refractivity contribution >= 4 is 29.0 Å². The summed E-state index contributed by atoms with van der Waals surface area (Å²) >= 11 is 5.82. The summed E-state index contributed by atoms with van der Waals surface area (Å²) in [7, 11) is 0. The van der Waals surface area contributed by atoms with E-state index >= 15 is 0 Å². The van der Waals surface area contributed by atoms with Gasteiger partial charge < -0.3 is 5.32 Å². The Morgan fingerprint density at radius 2 is 1.50 bits per heavy atom. The van der Waals surface area contributed by atoms with E-state index in [1.54, 1.807) is 24.3 Å². The van der Waals surface area contributed by atoms with Crippen LogP contribution < -0.4 is 5.32 Å². The van der Waals surface area contributed by atoms with E-state index in [0.717, 1.165) is 29.7 Å². The summed E-state index contributed by atoms with van der Waals surface area (Å²) < 4.78 is 0. The topological polar surface area (TPSA) is 46.2 Å². The van der Waals surface area contributed by atoms with Crippen LogP contribution in [0.3, 0.4) is 0 Å². The molecule has 0 saturated heterocycles. The van der Waals surface area contributed by atoms with Gasteiger partial charge in [0.15, 0.2) is 5.78 Å². The van der Waals surface area contributed by atoms with E-state index in [-0.39, 0.29) is 24.5 Å². The van der Waals surface area contributed by atoms with Crippen molar-refractivity contribution in [2.24, 2.45) is 0 Å². The highest BCUT2D eigenvalue weighted by molar-refractivity contribution is 6.30. The van der Waals surface area contributed by atoms with Crippen LogP contribution in [0.25, 0.3) is 0 Å². The van der Waals surface area contributed by atoms with E-state index in [4.69, 9.17) is 11.6 Å². The van der Waals surface area contributed by atoms with Crippen LogP contribution in [0.4, 0.5) is 5.69 Å². The number of anilines is 1. The van der Waals surface area contributed by atoms with Crippen LogP contribution in [-0.4, -0.2) is 11.7 Å². The van der Waals surface area contributed by atoms with Crippen LogP contribution >= 0.6 is 11.6 Å². The van der Waals surface area contributed by atoms with Crippen LogP contribution in [-0.2, 0) is 17.6 Å². The Hall–Kier alpha value is -2.13. The van der Waals surface area contributed by atoms with Crippen molar-refractivity contribution in [2.75, 3.05) is 5.32 Å². The van der Waals surface area contributed by atoms with Gasteiger partial charge in [-0.1, -0.05) is 43.6 Å². The molecule has 0 radical (unpaired) electrons. The summed E-state index contributed by atoms with van der Waals surface area (Å²) in [5.41, 5.74) is 3.71. The average Bonchev–Trinajstić information content (AvgIpc) is 2.60. The van der Waals surface area contributed by atoms with E-state index in [1.807, 2.05) is 18.2 Å². The third-order valence-corrected chi connectivity index (χ3v) is 4.26. The molecule has 4 heteroatoms. The zero-order valence-corrected chi connectivity index (χ0v) is 14.8. The number of carbonyl (C=O) groups excluding carboxylic acids is 2. The smallest absolute Gasteiger partial charge is 0.224 e. The number of para-hydroxylation sites is 1. The Kier molecular flexibility index (Phi) is 6.56. The fourth-order valence-electron chi connectivity index (χ4n) is 2.61. The van der Waals surface area contributed by atoms with E-state index in [1.165, 1.54) is 0 Å². The predicted molar refractivity (Wildman–Crippen MR) is 98.8 cm³/mol. The summed E-state index contributed by atoms with van der Waals surface area (Å²) in [5, 5.41) is 3.57. The number of ketones is 1. The van der Waals surface area contributed by atoms with Gasteiger partial charge >= 0.3 is 0 Å². The molecule has 126 valence electrons. The maximum absolute atomic E-state index is 12.3. The molecule has 0 fully saturated rings. The molecule has 0 aromatic heterocycles. The van der Waals surface area contributed by atoms with Gasteiger partial charge in [0.25, 0.3) is 0 Å². The first-order valence-electron chi connectivity index (χ1n) is 8.24. The molecule has 0 aliphatic rings. The molecular weight excluding hydrogens is 322 g/mol. The maximum Gasteiger partial charge on any atom is 0.224 e. The van der Waals surface area contributed by atoms with Gasteiger partial charge in [-0.3, -0.25) is 9.59 Å². The maximum atomic E-state index is 12.3. The molecular formula is C20H22ClNO2. The SMILES string of the molecule is CCc1cccc(CC)c1NC(=O)CCC(=O)c1ccc(Cl)cc1. The van der Waals surface area contributed by atoms with Gasteiger partial charge in [-0.2, -0.15) is 0 Å². The highest BCUT2D eigenvalue weighted by Gasteiger charge is 2.12. The van der Waals surface area contributed by atoms with Crippen LogP contribution in [0.15, 0.2) is 42.5 Å².